The molecule has 0 aromatic rings. The van der Waals surface area contributed by atoms with E-state index < -0.39 is 41.2 Å². The number of allylic oxidation sites excluding steroid dienone is 3. The van der Waals surface area contributed by atoms with E-state index in [0.717, 1.165) is 37.2 Å². The zero-order valence-corrected chi connectivity index (χ0v) is 25.5. The van der Waals surface area contributed by atoms with Crippen LogP contribution in [0.2, 0.25) is 0 Å². The monoisotopic (exact) mass is 620 g/mol. The lowest BCUT2D eigenvalue weighted by molar-refractivity contribution is -0.343. The molecule has 0 radical (unpaired) electrons. The van der Waals surface area contributed by atoms with Crippen LogP contribution in [0, 0.1) is 34.5 Å². The van der Waals surface area contributed by atoms with E-state index >= 15 is 0 Å². The van der Waals surface area contributed by atoms with E-state index in [4.69, 9.17) is 0 Å². The lowest BCUT2D eigenvalue weighted by Gasteiger charge is -2.49. The normalized spacial score (nSPS) is 32.4. The van der Waals surface area contributed by atoms with Crippen LogP contribution in [0.4, 0.5) is 26.3 Å². The van der Waals surface area contributed by atoms with Gasteiger partial charge in [-0.15, -0.1) is 0 Å². The topological polar surface area (TPSA) is 80.9 Å². The quantitative estimate of drug-likeness (QED) is 0.178. The molecule has 0 aromatic carbocycles. The van der Waals surface area contributed by atoms with Crippen molar-refractivity contribution < 1.29 is 46.8 Å². The molecule has 43 heavy (non-hydrogen) atoms. The second-order valence-corrected chi connectivity index (χ2v) is 14.1. The Morgan fingerprint density at radius 2 is 1.60 bits per heavy atom. The second kappa shape index (κ2) is 12.5. The minimum Gasteiger partial charge on any atom is -0.393 e. The van der Waals surface area contributed by atoms with E-state index in [1.165, 1.54) is 5.57 Å². The lowest BCUT2D eigenvalue weighted by atomic mass is 9.55. The molecule has 0 aliphatic heterocycles. The summed E-state index contributed by atoms with van der Waals surface area (Å²) in [7, 11) is 0. The maximum Gasteiger partial charge on any atom is 0.438 e. The van der Waals surface area contributed by atoms with Crippen molar-refractivity contribution in [2.45, 2.75) is 134 Å². The van der Waals surface area contributed by atoms with Crippen LogP contribution in [-0.2, 0) is 0 Å². The SMILES string of the molecule is C=C1C(=CC=C2CCC[C@@]3(C)C2CCC3C(C)(CC#CC(O)(C(F)(F)F)C(F)(F)F)CCCC(C)(C)O)C[C@@H](O)C[C@@H]1O. The van der Waals surface area contributed by atoms with Crippen molar-refractivity contribution in [2.24, 2.45) is 22.7 Å². The highest BCUT2D eigenvalue weighted by molar-refractivity contribution is 5.39. The first-order chi connectivity index (χ1) is 19.5. The minimum atomic E-state index is -6.01. The fraction of sp³-hybridized carbons (Fsp3) is 0.758. The van der Waals surface area contributed by atoms with Crippen molar-refractivity contribution in [3.05, 3.63) is 35.5 Å². The lowest BCUT2D eigenvalue weighted by Crippen LogP contribution is -2.55. The average molecular weight is 621 g/mol. The molecule has 6 atom stereocenters. The molecule has 10 heteroatoms. The zero-order chi connectivity index (χ0) is 32.6. The van der Waals surface area contributed by atoms with Crippen LogP contribution in [0.1, 0.15) is 98.3 Å². The number of hydrogen-bond donors (Lipinski definition) is 4. The number of aliphatic hydroxyl groups is 4. The third-order valence-electron chi connectivity index (χ3n) is 10.2. The summed E-state index contributed by atoms with van der Waals surface area (Å²) in [5.74, 6) is 3.35. The zero-order valence-electron chi connectivity index (χ0n) is 25.5. The smallest absolute Gasteiger partial charge is 0.393 e. The van der Waals surface area contributed by atoms with Crippen LogP contribution >= 0.6 is 0 Å². The van der Waals surface area contributed by atoms with Gasteiger partial charge in [0.25, 0.3) is 0 Å². The molecule has 244 valence electrons. The van der Waals surface area contributed by atoms with Gasteiger partial charge in [-0.3, -0.25) is 0 Å². The second-order valence-electron chi connectivity index (χ2n) is 14.1. The highest BCUT2D eigenvalue weighted by atomic mass is 19.4. The van der Waals surface area contributed by atoms with Crippen molar-refractivity contribution in [2.75, 3.05) is 0 Å². The highest BCUT2D eigenvalue weighted by Gasteiger charge is 2.70. The summed E-state index contributed by atoms with van der Waals surface area (Å²) in [6, 6.07) is 0. The molecule has 0 amide bonds. The van der Waals surface area contributed by atoms with E-state index in [1.807, 2.05) is 19.1 Å². The van der Waals surface area contributed by atoms with Gasteiger partial charge in [0.05, 0.1) is 17.8 Å². The predicted molar refractivity (Wildman–Crippen MR) is 152 cm³/mol. The third-order valence-corrected chi connectivity index (χ3v) is 10.2. The summed E-state index contributed by atoms with van der Waals surface area (Å²) in [6.45, 7) is 11.3. The molecule has 3 unspecified atom stereocenters. The minimum absolute atomic E-state index is 0.0735. The van der Waals surface area contributed by atoms with Gasteiger partial charge in [0, 0.05) is 12.8 Å². The van der Waals surface area contributed by atoms with Crippen LogP contribution in [0.15, 0.2) is 35.5 Å². The van der Waals surface area contributed by atoms with Gasteiger partial charge in [0.15, 0.2) is 0 Å². The maximum absolute atomic E-state index is 13.3. The Morgan fingerprint density at radius 1 is 0.977 bits per heavy atom. The van der Waals surface area contributed by atoms with Gasteiger partial charge in [-0.1, -0.05) is 50.5 Å². The first-order valence-corrected chi connectivity index (χ1v) is 15.1. The summed E-state index contributed by atoms with van der Waals surface area (Å²) in [5, 5.41) is 40.2. The molecule has 0 heterocycles. The largest absolute Gasteiger partial charge is 0.438 e. The Kier molecular flexibility index (Phi) is 10.4. The van der Waals surface area contributed by atoms with Crippen LogP contribution in [0.5, 0.6) is 0 Å². The molecule has 4 N–H and O–H groups in total. The molecule has 4 nitrogen and oxygen atoms in total. The van der Waals surface area contributed by atoms with E-state index in [9.17, 15) is 46.8 Å². The van der Waals surface area contributed by atoms with Gasteiger partial charge in [-0.2, -0.15) is 26.3 Å². The Bertz CT molecular complexity index is 1140. The van der Waals surface area contributed by atoms with Crippen molar-refractivity contribution >= 4 is 0 Å². The van der Waals surface area contributed by atoms with Gasteiger partial charge in [-0.25, -0.2) is 0 Å². The standard InChI is InChI=1S/C33H46F6O4/c1-21-23(19-24(40)20-26(21)41)11-10-22-9-6-17-30(5)25(22)12-13-27(30)29(4,15-7-14-28(2,3)42)16-8-18-31(43,32(34,35)36)33(37,38)39/h10-11,24-27,40-43H,1,6-7,9,12-17,19-20H2,2-5H3/t24-,25?,26+,27?,29?,30+/m1/s1. The summed E-state index contributed by atoms with van der Waals surface area (Å²) in [4.78, 5) is 0. The number of hydrogen-bond acceptors (Lipinski definition) is 4. The average Bonchev–Trinajstić information content (AvgIpc) is 3.21. The number of halogens is 6. The molecule has 3 aliphatic carbocycles. The molecular formula is C33H46F6O4. The van der Waals surface area contributed by atoms with Crippen molar-refractivity contribution in [1.82, 2.24) is 0 Å². The van der Waals surface area contributed by atoms with Gasteiger partial charge >= 0.3 is 18.0 Å². The first kappa shape index (κ1) is 35.7. The number of alkyl halides is 6. The Hall–Kier alpha value is -1.80. The molecule has 0 bridgehead atoms. The summed E-state index contributed by atoms with van der Waals surface area (Å²) >= 11 is 0. The van der Waals surface area contributed by atoms with Crippen molar-refractivity contribution in [1.29, 1.82) is 0 Å². The maximum atomic E-state index is 13.3. The molecule has 3 saturated carbocycles. The molecule has 0 aromatic heterocycles. The Labute approximate surface area is 251 Å². The number of rotatable bonds is 7. The van der Waals surface area contributed by atoms with Crippen LogP contribution in [-0.4, -0.2) is 56.2 Å². The number of fused-ring (bicyclic) bond motifs is 1. The van der Waals surface area contributed by atoms with E-state index in [1.54, 1.807) is 13.8 Å². The van der Waals surface area contributed by atoms with Gasteiger partial charge in [0.1, 0.15) is 0 Å². The number of aliphatic hydroxyl groups excluding tert-OH is 2. The first-order valence-electron chi connectivity index (χ1n) is 15.1. The molecule has 0 saturated heterocycles. The summed E-state index contributed by atoms with van der Waals surface area (Å²) in [5.41, 5.74) is -4.60. The fourth-order valence-corrected chi connectivity index (χ4v) is 7.84. The van der Waals surface area contributed by atoms with E-state index in [0.29, 0.717) is 37.7 Å². The van der Waals surface area contributed by atoms with Crippen molar-refractivity contribution in [3.63, 3.8) is 0 Å². The Balaban J connectivity index is 1.95. The molecule has 3 fully saturated rings. The third kappa shape index (κ3) is 7.71. The van der Waals surface area contributed by atoms with Crippen LogP contribution in [0.25, 0.3) is 0 Å². The fourth-order valence-electron chi connectivity index (χ4n) is 7.84. The molecule has 3 aliphatic rings. The van der Waals surface area contributed by atoms with Crippen LogP contribution in [0.3, 0.4) is 0 Å². The van der Waals surface area contributed by atoms with Crippen LogP contribution < -0.4 is 0 Å². The summed E-state index contributed by atoms with van der Waals surface area (Å²) in [6.07, 6.45) is -3.77. The predicted octanol–water partition coefficient (Wildman–Crippen LogP) is 7.32. The van der Waals surface area contributed by atoms with Gasteiger partial charge in [0.2, 0.25) is 0 Å². The molecular weight excluding hydrogens is 574 g/mol. The summed E-state index contributed by atoms with van der Waals surface area (Å²) < 4.78 is 79.9. The van der Waals surface area contributed by atoms with Gasteiger partial charge < -0.3 is 20.4 Å². The van der Waals surface area contributed by atoms with E-state index in [-0.39, 0.29) is 30.1 Å². The van der Waals surface area contributed by atoms with Gasteiger partial charge in [-0.05, 0) is 105 Å². The van der Waals surface area contributed by atoms with E-state index in [2.05, 4.69) is 19.4 Å². The Morgan fingerprint density at radius 3 is 2.19 bits per heavy atom. The van der Waals surface area contributed by atoms with Crippen molar-refractivity contribution in [3.8, 4) is 11.8 Å². The highest BCUT2D eigenvalue weighted by Crippen LogP contribution is 2.63. The molecule has 0 spiro atoms. The molecule has 3 rings (SSSR count).